The highest BCUT2D eigenvalue weighted by Crippen LogP contribution is 2.09. The minimum atomic E-state index is -0.417. The van der Waals surface area contributed by atoms with Crippen molar-refractivity contribution in [2.24, 2.45) is 0 Å². The van der Waals surface area contributed by atoms with E-state index in [1.807, 2.05) is 6.07 Å². The number of hydrogen-bond acceptors (Lipinski definition) is 4. The maximum atomic E-state index is 11.6. The average molecular weight is 263 g/mol. The van der Waals surface area contributed by atoms with E-state index in [0.29, 0.717) is 5.75 Å². The molecule has 0 unspecified atom stereocenters. The minimum Gasteiger partial charge on any atom is -0.426 e. The second-order valence-electron chi connectivity index (χ2n) is 3.74. The Balaban J connectivity index is 2.39. The zero-order valence-electron chi connectivity index (χ0n) is 10.9. The van der Waals surface area contributed by atoms with Gasteiger partial charge in [0, 0.05) is 6.92 Å². The lowest BCUT2D eigenvalue weighted by Gasteiger charge is -2.18. The van der Waals surface area contributed by atoms with E-state index in [1.54, 1.807) is 24.3 Å². The fourth-order valence-electron chi connectivity index (χ4n) is 1.32. The monoisotopic (exact) mass is 263 g/mol. The molecular weight excluding hydrogens is 246 g/mol. The fraction of sp³-hybridized carbons (Fsp3) is 0.286. The van der Waals surface area contributed by atoms with Gasteiger partial charge in [-0.05, 0) is 12.1 Å². The SMILES string of the molecule is C=CCON(CCC(=O)Oc1ccccc1)C(C)=O. The molecule has 1 amide bonds. The number of para-hydroxylation sites is 1. The van der Waals surface area contributed by atoms with Crippen molar-refractivity contribution in [3.63, 3.8) is 0 Å². The molecule has 0 atom stereocenters. The molecule has 0 saturated carbocycles. The molecule has 19 heavy (non-hydrogen) atoms. The molecule has 0 spiro atoms. The van der Waals surface area contributed by atoms with Crippen molar-refractivity contribution in [3.8, 4) is 5.75 Å². The van der Waals surface area contributed by atoms with Gasteiger partial charge in [0.25, 0.3) is 0 Å². The summed E-state index contributed by atoms with van der Waals surface area (Å²) in [4.78, 5) is 27.9. The summed E-state index contributed by atoms with van der Waals surface area (Å²) < 4.78 is 5.10. The van der Waals surface area contributed by atoms with Gasteiger partial charge in [-0.2, -0.15) is 0 Å². The Morgan fingerprint density at radius 1 is 1.32 bits per heavy atom. The smallest absolute Gasteiger partial charge is 0.313 e. The Labute approximate surface area is 112 Å². The molecule has 0 radical (unpaired) electrons. The number of carbonyl (C=O) groups excluding carboxylic acids is 2. The number of benzene rings is 1. The summed E-state index contributed by atoms with van der Waals surface area (Å²) in [5.41, 5.74) is 0. The second-order valence-corrected chi connectivity index (χ2v) is 3.74. The van der Waals surface area contributed by atoms with Crippen LogP contribution < -0.4 is 4.74 Å². The molecule has 0 heterocycles. The van der Waals surface area contributed by atoms with Gasteiger partial charge in [0.15, 0.2) is 0 Å². The van der Waals surface area contributed by atoms with Gasteiger partial charge in [-0.25, -0.2) is 5.06 Å². The third-order valence-electron chi connectivity index (χ3n) is 2.19. The molecule has 5 heteroatoms. The van der Waals surface area contributed by atoms with Crippen LogP contribution >= 0.6 is 0 Å². The van der Waals surface area contributed by atoms with Crippen LogP contribution in [-0.4, -0.2) is 30.1 Å². The summed E-state index contributed by atoms with van der Waals surface area (Å²) >= 11 is 0. The number of esters is 1. The van der Waals surface area contributed by atoms with Gasteiger partial charge in [-0.3, -0.25) is 14.4 Å². The van der Waals surface area contributed by atoms with Crippen molar-refractivity contribution in [3.05, 3.63) is 43.0 Å². The van der Waals surface area contributed by atoms with Gasteiger partial charge in [0.1, 0.15) is 5.75 Å². The molecule has 0 aliphatic carbocycles. The highest BCUT2D eigenvalue weighted by Gasteiger charge is 2.12. The molecule has 0 saturated heterocycles. The third-order valence-corrected chi connectivity index (χ3v) is 2.19. The van der Waals surface area contributed by atoms with Crippen LogP contribution in [0.2, 0.25) is 0 Å². The van der Waals surface area contributed by atoms with E-state index >= 15 is 0 Å². The molecule has 1 aromatic carbocycles. The van der Waals surface area contributed by atoms with Gasteiger partial charge < -0.3 is 4.74 Å². The normalized spacial score (nSPS) is 9.74. The lowest BCUT2D eigenvalue weighted by Crippen LogP contribution is -2.32. The number of ether oxygens (including phenoxy) is 1. The Morgan fingerprint density at radius 2 is 2.00 bits per heavy atom. The maximum absolute atomic E-state index is 11.6. The summed E-state index contributed by atoms with van der Waals surface area (Å²) in [7, 11) is 0. The van der Waals surface area contributed by atoms with Gasteiger partial charge in [0.05, 0.1) is 19.6 Å². The molecule has 5 nitrogen and oxygen atoms in total. The van der Waals surface area contributed by atoms with Crippen LogP contribution in [0.4, 0.5) is 0 Å². The highest BCUT2D eigenvalue weighted by atomic mass is 16.7. The number of hydrogen-bond donors (Lipinski definition) is 0. The molecular formula is C14H17NO4. The summed E-state index contributed by atoms with van der Waals surface area (Å²) in [6.45, 7) is 5.22. The van der Waals surface area contributed by atoms with Crippen molar-refractivity contribution >= 4 is 11.9 Å². The van der Waals surface area contributed by atoms with Crippen molar-refractivity contribution in [1.29, 1.82) is 0 Å². The van der Waals surface area contributed by atoms with Crippen LogP contribution in [0.15, 0.2) is 43.0 Å². The van der Waals surface area contributed by atoms with E-state index in [2.05, 4.69) is 6.58 Å². The van der Waals surface area contributed by atoms with Gasteiger partial charge in [-0.1, -0.05) is 24.3 Å². The van der Waals surface area contributed by atoms with Gasteiger partial charge >= 0.3 is 5.97 Å². The molecule has 0 fully saturated rings. The first-order valence-electron chi connectivity index (χ1n) is 5.91. The minimum absolute atomic E-state index is 0.0611. The first-order chi connectivity index (χ1) is 9.13. The van der Waals surface area contributed by atoms with Crippen LogP contribution in [0.3, 0.4) is 0 Å². The zero-order chi connectivity index (χ0) is 14.1. The number of carbonyl (C=O) groups is 2. The number of rotatable bonds is 7. The van der Waals surface area contributed by atoms with Crippen molar-refractivity contribution in [1.82, 2.24) is 5.06 Å². The number of amides is 1. The van der Waals surface area contributed by atoms with E-state index in [9.17, 15) is 9.59 Å². The molecule has 1 aromatic rings. The Morgan fingerprint density at radius 3 is 2.58 bits per heavy atom. The van der Waals surface area contributed by atoms with Crippen LogP contribution in [0.5, 0.6) is 5.75 Å². The highest BCUT2D eigenvalue weighted by molar-refractivity contribution is 5.75. The van der Waals surface area contributed by atoms with Crippen LogP contribution in [0.25, 0.3) is 0 Å². The van der Waals surface area contributed by atoms with Crippen molar-refractivity contribution < 1.29 is 19.2 Å². The Kier molecular flexibility index (Phi) is 6.32. The van der Waals surface area contributed by atoms with Gasteiger partial charge in [0.2, 0.25) is 5.91 Å². The standard InChI is InChI=1S/C14H17NO4/c1-3-11-18-15(12(2)16)10-9-14(17)19-13-7-5-4-6-8-13/h3-8H,1,9-11H2,2H3. The predicted molar refractivity (Wildman–Crippen MR) is 70.2 cm³/mol. The van der Waals surface area contributed by atoms with E-state index in [1.165, 1.54) is 13.0 Å². The molecule has 0 N–H and O–H groups in total. The zero-order valence-corrected chi connectivity index (χ0v) is 10.9. The largest absolute Gasteiger partial charge is 0.426 e. The summed E-state index contributed by atoms with van der Waals surface area (Å²) in [6.07, 6.45) is 1.59. The summed E-state index contributed by atoms with van der Waals surface area (Å²) in [6, 6.07) is 8.76. The van der Waals surface area contributed by atoms with E-state index in [4.69, 9.17) is 9.57 Å². The van der Waals surface area contributed by atoms with Crippen molar-refractivity contribution in [2.45, 2.75) is 13.3 Å². The number of hydroxylamine groups is 2. The maximum Gasteiger partial charge on any atom is 0.313 e. The molecule has 0 bridgehead atoms. The first-order valence-corrected chi connectivity index (χ1v) is 5.91. The lowest BCUT2D eigenvalue weighted by atomic mass is 10.3. The third kappa shape index (κ3) is 5.83. The average Bonchev–Trinajstić information content (AvgIpc) is 2.39. The topological polar surface area (TPSA) is 55.8 Å². The molecule has 0 aromatic heterocycles. The van der Waals surface area contributed by atoms with Gasteiger partial charge in [-0.15, -0.1) is 6.58 Å². The van der Waals surface area contributed by atoms with Crippen molar-refractivity contribution in [2.75, 3.05) is 13.2 Å². The summed E-state index contributed by atoms with van der Waals surface area (Å²) in [5.74, 6) is -0.206. The fourth-order valence-corrected chi connectivity index (χ4v) is 1.32. The summed E-state index contributed by atoms with van der Waals surface area (Å²) in [5, 5.41) is 1.12. The number of nitrogens with zero attached hydrogens (tertiary/aromatic N) is 1. The molecule has 1 rings (SSSR count). The lowest BCUT2D eigenvalue weighted by molar-refractivity contribution is -0.181. The quantitative estimate of drug-likeness (QED) is 0.326. The Hall–Kier alpha value is -2.14. The second kappa shape index (κ2) is 8.05. The van der Waals surface area contributed by atoms with E-state index < -0.39 is 5.97 Å². The molecule has 102 valence electrons. The Bertz CT molecular complexity index is 430. The molecule has 0 aliphatic rings. The van der Waals surface area contributed by atoms with E-state index in [-0.39, 0.29) is 25.5 Å². The van der Waals surface area contributed by atoms with Crippen LogP contribution in [0, 0.1) is 0 Å². The van der Waals surface area contributed by atoms with E-state index in [0.717, 1.165) is 5.06 Å². The van der Waals surface area contributed by atoms with Crippen LogP contribution in [-0.2, 0) is 14.4 Å². The first kappa shape index (κ1) is 14.9. The van der Waals surface area contributed by atoms with Crippen LogP contribution in [0.1, 0.15) is 13.3 Å². The molecule has 0 aliphatic heterocycles. The predicted octanol–water partition coefficient (Wildman–Crippen LogP) is 1.95.